The highest BCUT2D eigenvalue weighted by molar-refractivity contribution is 7.89. The van der Waals surface area contributed by atoms with E-state index < -0.39 is 28.1 Å². The SMILES string of the molecule is Cc1noc(C)c1S(=O)(=O)N[C@H](CN1C(=O)COC1=O)c1ccccc1. The van der Waals surface area contributed by atoms with Crippen molar-refractivity contribution in [3.63, 3.8) is 0 Å². The fourth-order valence-electron chi connectivity index (χ4n) is 2.74. The lowest BCUT2D eigenvalue weighted by Gasteiger charge is -2.22. The first kappa shape index (κ1) is 18.1. The maximum absolute atomic E-state index is 12.8. The summed E-state index contributed by atoms with van der Waals surface area (Å²) in [5.74, 6) is -0.370. The normalized spacial score (nSPS) is 16.0. The monoisotopic (exact) mass is 379 g/mol. The highest BCUT2D eigenvalue weighted by atomic mass is 32.2. The first-order valence-corrected chi connectivity index (χ1v) is 9.25. The largest absolute Gasteiger partial charge is 0.439 e. The number of aryl methyl sites for hydroxylation is 2. The van der Waals surface area contributed by atoms with Gasteiger partial charge in [-0.15, -0.1) is 0 Å². The van der Waals surface area contributed by atoms with Gasteiger partial charge in [-0.25, -0.2) is 22.8 Å². The Morgan fingerprint density at radius 2 is 1.92 bits per heavy atom. The molecule has 0 saturated carbocycles. The number of carbonyl (C=O) groups excluding carboxylic acids is 2. The third-order valence-corrected chi connectivity index (χ3v) is 5.66. The molecule has 1 saturated heterocycles. The fraction of sp³-hybridized carbons (Fsp3) is 0.312. The molecule has 0 aliphatic carbocycles. The topological polar surface area (TPSA) is 119 Å². The van der Waals surface area contributed by atoms with E-state index in [1.54, 1.807) is 30.3 Å². The third-order valence-electron chi connectivity index (χ3n) is 3.94. The number of carbonyl (C=O) groups is 2. The second kappa shape index (κ2) is 6.89. The first-order chi connectivity index (χ1) is 12.3. The van der Waals surface area contributed by atoms with Crippen molar-refractivity contribution >= 4 is 22.0 Å². The molecular weight excluding hydrogens is 362 g/mol. The summed E-state index contributed by atoms with van der Waals surface area (Å²) < 4.78 is 37.8. The smallest absolute Gasteiger partial charge is 0.417 e. The second-order valence-electron chi connectivity index (χ2n) is 5.80. The lowest BCUT2D eigenvalue weighted by Crippen LogP contribution is -2.40. The number of nitrogens with one attached hydrogen (secondary N) is 1. The highest BCUT2D eigenvalue weighted by Crippen LogP contribution is 2.24. The Morgan fingerprint density at radius 3 is 2.46 bits per heavy atom. The van der Waals surface area contributed by atoms with Crippen molar-refractivity contribution in [3.05, 3.63) is 47.3 Å². The Hall–Kier alpha value is -2.72. The van der Waals surface area contributed by atoms with Crippen molar-refractivity contribution in [2.24, 2.45) is 0 Å². The fourth-order valence-corrected chi connectivity index (χ4v) is 4.29. The molecule has 1 aromatic carbocycles. The molecule has 1 aliphatic rings. The molecule has 3 rings (SSSR count). The van der Waals surface area contributed by atoms with Crippen LogP contribution >= 0.6 is 0 Å². The summed E-state index contributed by atoms with van der Waals surface area (Å²) in [6.07, 6.45) is -0.799. The summed E-state index contributed by atoms with van der Waals surface area (Å²) >= 11 is 0. The van der Waals surface area contributed by atoms with Crippen LogP contribution in [0.3, 0.4) is 0 Å². The first-order valence-electron chi connectivity index (χ1n) is 7.77. The van der Waals surface area contributed by atoms with Gasteiger partial charge in [0.25, 0.3) is 5.91 Å². The van der Waals surface area contributed by atoms with Crippen molar-refractivity contribution in [1.82, 2.24) is 14.8 Å². The zero-order valence-electron chi connectivity index (χ0n) is 14.1. The van der Waals surface area contributed by atoms with Gasteiger partial charge in [-0.1, -0.05) is 35.5 Å². The highest BCUT2D eigenvalue weighted by Gasteiger charge is 2.35. The number of nitrogens with zero attached hydrogens (tertiary/aromatic N) is 2. The van der Waals surface area contributed by atoms with Crippen LogP contribution in [0, 0.1) is 13.8 Å². The van der Waals surface area contributed by atoms with Crippen LogP contribution in [0.25, 0.3) is 0 Å². The number of amides is 2. The van der Waals surface area contributed by atoms with E-state index in [2.05, 4.69) is 9.88 Å². The van der Waals surface area contributed by atoms with E-state index in [9.17, 15) is 18.0 Å². The molecule has 26 heavy (non-hydrogen) atoms. The van der Waals surface area contributed by atoms with Gasteiger partial charge < -0.3 is 9.26 Å². The van der Waals surface area contributed by atoms with E-state index in [-0.39, 0.29) is 29.5 Å². The van der Waals surface area contributed by atoms with Crippen molar-refractivity contribution < 1.29 is 27.3 Å². The Labute approximate surface area is 150 Å². The maximum Gasteiger partial charge on any atom is 0.417 e. The molecule has 10 heteroatoms. The van der Waals surface area contributed by atoms with Crippen molar-refractivity contribution in [2.75, 3.05) is 13.2 Å². The van der Waals surface area contributed by atoms with Gasteiger partial charge in [0.2, 0.25) is 10.0 Å². The summed E-state index contributed by atoms with van der Waals surface area (Å²) in [5.41, 5.74) is 0.814. The molecule has 2 heterocycles. The number of ether oxygens (including phenoxy) is 1. The number of imide groups is 1. The van der Waals surface area contributed by atoms with Gasteiger partial charge >= 0.3 is 6.09 Å². The summed E-state index contributed by atoms with van der Waals surface area (Å²) in [4.78, 5) is 24.4. The summed E-state index contributed by atoms with van der Waals surface area (Å²) in [7, 11) is -4.00. The number of hydrogen-bond donors (Lipinski definition) is 1. The average molecular weight is 379 g/mol. The number of sulfonamides is 1. The Kier molecular flexibility index (Phi) is 4.79. The van der Waals surface area contributed by atoms with Crippen LogP contribution in [0.2, 0.25) is 0 Å². The van der Waals surface area contributed by atoms with Crippen LogP contribution in [0.5, 0.6) is 0 Å². The molecule has 1 fully saturated rings. The molecule has 138 valence electrons. The van der Waals surface area contributed by atoms with Gasteiger partial charge in [0.1, 0.15) is 10.6 Å². The van der Waals surface area contributed by atoms with Crippen LogP contribution in [-0.4, -0.2) is 43.6 Å². The minimum Gasteiger partial charge on any atom is -0.439 e. The Balaban J connectivity index is 1.94. The molecule has 1 aromatic heterocycles. The lowest BCUT2D eigenvalue weighted by atomic mass is 10.1. The van der Waals surface area contributed by atoms with Crippen LogP contribution < -0.4 is 4.72 Å². The molecule has 2 aromatic rings. The number of rotatable bonds is 6. The van der Waals surface area contributed by atoms with Crippen molar-refractivity contribution in [1.29, 1.82) is 0 Å². The number of benzene rings is 1. The van der Waals surface area contributed by atoms with Crippen LogP contribution in [-0.2, 0) is 19.6 Å². The summed E-state index contributed by atoms with van der Waals surface area (Å²) in [5, 5.41) is 3.66. The van der Waals surface area contributed by atoms with Crippen LogP contribution in [0.1, 0.15) is 23.1 Å². The van der Waals surface area contributed by atoms with E-state index >= 15 is 0 Å². The van der Waals surface area contributed by atoms with Crippen LogP contribution in [0.4, 0.5) is 4.79 Å². The van der Waals surface area contributed by atoms with Crippen molar-refractivity contribution in [3.8, 4) is 0 Å². The maximum atomic E-state index is 12.8. The zero-order valence-corrected chi connectivity index (χ0v) is 14.9. The predicted molar refractivity (Wildman–Crippen MR) is 88.5 cm³/mol. The quantitative estimate of drug-likeness (QED) is 0.803. The molecule has 1 atom stereocenters. The van der Waals surface area contributed by atoms with Gasteiger partial charge in [0, 0.05) is 0 Å². The standard InChI is InChI=1S/C16H17N3O6S/c1-10-15(11(2)25-17-10)26(22,23)18-13(12-6-4-3-5-7-12)8-19-14(20)9-24-16(19)21/h3-7,13,18H,8-9H2,1-2H3/t13-/m1/s1. The van der Waals surface area contributed by atoms with Crippen molar-refractivity contribution in [2.45, 2.75) is 24.8 Å². The molecule has 9 nitrogen and oxygen atoms in total. The van der Waals surface area contributed by atoms with Gasteiger partial charge in [-0.3, -0.25) is 4.79 Å². The molecule has 1 aliphatic heterocycles. The number of hydrogen-bond acceptors (Lipinski definition) is 7. The predicted octanol–water partition coefficient (Wildman–Crippen LogP) is 1.29. The van der Waals surface area contributed by atoms with E-state index in [0.717, 1.165) is 4.90 Å². The Bertz CT molecular complexity index is 903. The number of cyclic esters (lactones) is 1. The minimum atomic E-state index is -4.00. The lowest BCUT2D eigenvalue weighted by molar-refractivity contribution is -0.126. The average Bonchev–Trinajstić information content (AvgIpc) is 3.11. The molecule has 0 unspecified atom stereocenters. The zero-order chi connectivity index (χ0) is 18.9. The van der Waals surface area contributed by atoms with E-state index in [1.165, 1.54) is 13.8 Å². The van der Waals surface area contributed by atoms with Gasteiger partial charge in [-0.2, -0.15) is 0 Å². The van der Waals surface area contributed by atoms with E-state index in [0.29, 0.717) is 5.56 Å². The molecular formula is C16H17N3O6S. The second-order valence-corrected chi connectivity index (χ2v) is 7.45. The molecule has 1 N–H and O–H groups in total. The van der Waals surface area contributed by atoms with E-state index in [4.69, 9.17) is 9.26 Å². The molecule has 0 radical (unpaired) electrons. The summed E-state index contributed by atoms with van der Waals surface area (Å²) in [6.45, 7) is 2.47. The minimum absolute atomic E-state index is 0.0613. The summed E-state index contributed by atoms with van der Waals surface area (Å²) in [6, 6.07) is 7.79. The Morgan fingerprint density at radius 1 is 1.23 bits per heavy atom. The van der Waals surface area contributed by atoms with Gasteiger partial charge in [-0.05, 0) is 19.4 Å². The number of aromatic nitrogens is 1. The van der Waals surface area contributed by atoms with Gasteiger partial charge in [0.15, 0.2) is 12.4 Å². The molecule has 2 amide bonds. The molecule has 0 bridgehead atoms. The van der Waals surface area contributed by atoms with Crippen LogP contribution in [0.15, 0.2) is 39.8 Å². The third kappa shape index (κ3) is 3.46. The van der Waals surface area contributed by atoms with E-state index in [1.807, 2.05) is 0 Å². The van der Waals surface area contributed by atoms with Gasteiger partial charge in [0.05, 0.1) is 12.6 Å². The molecule has 0 spiro atoms.